The topological polar surface area (TPSA) is 26.3 Å². The molecule has 1 aromatic carbocycles. The van der Waals surface area contributed by atoms with Gasteiger partial charge in [0.1, 0.15) is 11.4 Å². The summed E-state index contributed by atoms with van der Waals surface area (Å²) in [5, 5.41) is 0.437. The van der Waals surface area contributed by atoms with Crippen molar-refractivity contribution in [2.45, 2.75) is 57.0 Å². The standard InChI is InChI=1S/C20H24ClFO2/c1-24-15-2-3-16(17(21)7-15)18(23)4-5-19-8-13-6-14(9-19)11-20(22,10-13)12-19/h2-3,7,13-14H,4-6,8-12H2,1H3. The molecule has 0 spiro atoms. The Morgan fingerprint density at radius 3 is 2.58 bits per heavy atom. The number of carbonyl (C=O) groups is 1. The normalized spacial score (nSPS) is 36.8. The molecule has 0 radical (unpaired) electrons. The quantitative estimate of drug-likeness (QED) is 0.644. The Balaban J connectivity index is 1.46. The van der Waals surface area contributed by atoms with Crippen molar-refractivity contribution in [2.75, 3.05) is 7.11 Å². The molecule has 0 saturated heterocycles. The predicted molar refractivity (Wildman–Crippen MR) is 92.5 cm³/mol. The molecular formula is C20H24ClFO2. The highest BCUT2D eigenvalue weighted by molar-refractivity contribution is 6.34. The maximum absolute atomic E-state index is 15.0. The van der Waals surface area contributed by atoms with Crippen molar-refractivity contribution >= 4 is 17.4 Å². The van der Waals surface area contributed by atoms with Crippen LogP contribution < -0.4 is 4.74 Å². The minimum Gasteiger partial charge on any atom is -0.497 e. The number of carbonyl (C=O) groups excluding carboxylic acids is 1. The summed E-state index contributed by atoms with van der Waals surface area (Å²) in [5.74, 6) is 1.79. The van der Waals surface area contributed by atoms with Gasteiger partial charge in [-0.25, -0.2) is 4.39 Å². The number of benzene rings is 1. The summed E-state index contributed by atoms with van der Waals surface area (Å²) in [6, 6.07) is 5.18. The van der Waals surface area contributed by atoms with Gasteiger partial charge >= 0.3 is 0 Å². The van der Waals surface area contributed by atoms with E-state index in [4.69, 9.17) is 16.3 Å². The molecule has 0 heterocycles. The third-order valence-corrected chi connectivity index (χ3v) is 6.78. The van der Waals surface area contributed by atoms with Gasteiger partial charge in [-0.05, 0) is 80.4 Å². The second kappa shape index (κ2) is 5.72. The molecule has 4 aliphatic rings. The Morgan fingerprint density at radius 1 is 1.29 bits per heavy atom. The Hall–Kier alpha value is -1.09. The Bertz CT molecular complexity index is 658. The number of alkyl halides is 1. The first kappa shape index (κ1) is 16.4. The highest BCUT2D eigenvalue weighted by Gasteiger charge is 2.57. The van der Waals surface area contributed by atoms with E-state index in [0.29, 0.717) is 41.0 Å². The van der Waals surface area contributed by atoms with Crippen LogP contribution in [0, 0.1) is 17.3 Å². The van der Waals surface area contributed by atoms with Gasteiger partial charge in [0.05, 0.1) is 12.1 Å². The molecule has 4 heteroatoms. The summed E-state index contributed by atoms with van der Waals surface area (Å²) in [4.78, 5) is 12.6. The molecule has 0 amide bonds. The summed E-state index contributed by atoms with van der Waals surface area (Å²) in [6.45, 7) is 0. The van der Waals surface area contributed by atoms with Gasteiger partial charge in [-0.15, -0.1) is 0 Å². The summed E-state index contributed by atoms with van der Waals surface area (Å²) in [5.41, 5.74) is -0.352. The smallest absolute Gasteiger partial charge is 0.164 e. The number of ether oxygens (including phenoxy) is 1. The summed E-state index contributed by atoms with van der Waals surface area (Å²) < 4.78 is 20.1. The van der Waals surface area contributed by atoms with Crippen LogP contribution in [0.1, 0.15) is 61.7 Å². The SMILES string of the molecule is COc1ccc(C(=O)CCC23CC4CC(CC(F)(C4)C2)C3)c(Cl)c1. The van der Waals surface area contributed by atoms with Crippen molar-refractivity contribution < 1.29 is 13.9 Å². The lowest BCUT2D eigenvalue weighted by Crippen LogP contribution is -2.53. The first-order chi connectivity index (χ1) is 11.4. The van der Waals surface area contributed by atoms with Crippen LogP contribution in [0.5, 0.6) is 5.75 Å². The zero-order valence-corrected chi connectivity index (χ0v) is 14.9. The van der Waals surface area contributed by atoms with Gasteiger partial charge in [-0.3, -0.25) is 4.79 Å². The molecule has 2 atom stereocenters. The second-order valence-corrected chi connectivity index (χ2v) is 8.79. The third kappa shape index (κ3) is 2.85. The van der Waals surface area contributed by atoms with E-state index >= 15 is 4.39 Å². The number of Topliss-reactive ketones (excluding diaryl/α,β-unsaturated/α-hetero) is 1. The zero-order chi connectivity index (χ0) is 16.9. The van der Waals surface area contributed by atoms with Crippen LogP contribution in [-0.4, -0.2) is 18.6 Å². The van der Waals surface area contributed by atoms with Crippen molar-refractivity contribution in [3.05, 3.63) is 28.8 Å². The lowest BCUT2D eigenvalue weighted by molar-refractivity contribution is -0.125. The number of halogens is 2. The van der Waals surface area contributed by atoms with Gasteiger partial charge < -0.3 is 4.74 Å². The summed E-state index contributed by atoms with van der Waals surface area (Å²) >= 11 is 6.22. The molecule has 2 unspecified atom stereocenters. The van der Waals surface area contributed by atoms with E-state index in [-0.39, 0.29) is 11.2 Å². The highest BCUT2D eigenvalue weighted by atomic mass is 35.5. The fourth-order valence-electron chi connectivity index (χ4n) is 5.99. The van der Waals surface area contributed by atoms with Crippen LogP contribution in [0.15, 0.2) is 18.2 Å². The molecule has 4 fully saturated rings. The second-order valence-electron chi connectivity index (χ2n) is 8.38. The Kier molecular flexibility index (Phi) is 3.91. The number of ketones is 1. The summed E-state index contributed by atoms with van der Waals surface area (Å²) in [7, 11) is 1.58. The monoisotopic (exact) mass is 350 g/mol. The lowest BCUT2D eigenvalue weighted by atomic mass is 9.47. The summed E-state index contributed by atoms with van der Waals surface area (Å²) in [6.07, 6.45) is 6.85. The average molecular weight is 351 g/mol. The van der Waals surface area contributed by atoms with E-state index in [1.807, 2.05) is 0 Å². The van der Waals surface area contributed by atoms with Crippen LogP contribution in [0.25, 0.3) is 0 Å². The zero-order valence-electron chi connectivity index (χ0n) is 14.1. The molecule has 4 bridgehead atoms. The molecular weight excluding hydrogens is 327 g/mol. The molecule has 0 aliphatic heterocycles. The molecule has 5 rings (SSSR count). The van der Waals surface area contributed by atoms with E-state index in [1.54, 1.807) is 25.3 Å². The van der Waals surface area contributed by atoms with Crippen molar-refractivity contribution in [3.8, 4) is 5.75 Å². The molecule has 24 heavy (non-hydrogen) atoms. The largest absolute Gasteiger partial charge is 0.497 e. The molecule has 1 aromatic rings. The van der Waals surface area contributed by atoms with Crippen molar-refractivity contribution in [3.63, 3.8) is 0 Å². The predicted octanol–water partition coefficient (Wildman–Crippen LogP) is 5.62. The van der Waals surface area contributed by atoms with E-state index in [1.165, 1.54) is 6.42 Å². The Labute approximate surface area is 147 Å². The molecule has 4 saturated carbocycles. The maximum atomic E-state index is 15.0. The van der Waals surface area contributed by atoms with Crippen LogP contribution in [0.3, 0.4) is 0 Å². The van der Waals surface area contributed by atoms with Crippen molar-refractivity contribution in [1.29, 1.82) is 0 Å². The van der Waals surface area contributed by atoms with Crippen LogP contribution in [0.4, 0.5) is 4.39 Å². The van der Waals surface area contributed by atoms with E-state index in [9.17, 15) is 4.79 Å². The van der Waals surface area contributed by atoms with Gasteiger partial charge in [-0.2, -0.15) is 0 Å². The average Bonchev–Trinajstić information content (AvgIpc) is 2.50. The highest BCUT2D eigenvalue weighted by Crippen LogP contribution is 2.64. The minimum atomic E-state index is -0.953. The van der Waals surface area contributed by atoms with Crippen molar-refractivity contribution in [2.24, 2.45) is 17.3 Å². The van der Waals surface area contributed by atoms with Crippen LogP contribution >= 0.6 is 11.6 Å². The molecule has 4 aliphatic carbocycles. The van der Waals surface area contributed by atoms with Crippen molar-refractivity contribution in [1.82, 2.24) is 0 Å². The van der Waals surface area contributed by atoms with E-state index in [0.717, 1.165) is 32.1 Å². The maximum Gasteiger partial charge on any atom is 0.164 e. The van der Waals surface area contributed by atoms with Gasteiger partial charge in [0.25, 0.3) is 0 Å². The fourth-order valence-corrected chi connectivity index (χ4v) is 6.27. The van der Waals surface area contributed by atoms with Crippen LogP contribution in [-0.2, 0) is 0 Å². The van der Waals surface area contributed by atoms with Gasteiger partial charge in [0.2, 0.25) is 0 Å². The molecule has 2 nitrogen and oxygen atoms in total. The molecule has 0 N–H and O–H groups in total. The van der Waals surface area contributed by atoms with Gasteiger partial charge in [0.15, 0.2) is 5.78 Å². The third-order valence-electron chi connectivity index (χ3n) is 6.47. The Morgan fingerprint density at radius 2 is 2.00 bits per heavy atom. The number of rotatable bonds is 5. The van der Waals surface area contributed by atoms with Gasteiger partial charge in [0, 0.05) is 12.0 Å². The first-order valence-electron chi connectivity index (χ1n) is 8.96. The van der Waals surface area contributed by atoms with E-state index < -0.39 is 5.67 Å². The van der Waals surface area contributed by atoms with Gasteiger partial charge in [-0.1, -0.05) is 11.6 Å². The first-order valence-corrected chi connectivity index (χ1v) is 9.34. The number of hydrogen-bond acceptors (Lipinski definition) is 2. The van der Waals surface area contributed by atoms with E-state index in [2.05, 4.69) is 0 Å². The number of methoxy groups -OCH3 is 1. The van der Waals surface area contributed by atoms with Crippen LogP contribution in [0.2, 0.25) is 5.02 Å². The minimum absolute atomic E-state index is 0.0490. The molecule has 0 aromatic heterocycles. The lowest BCUT2D eigenvalue weighted by Gasteiger charge is -2.59. The fraction of sp³-hybridized carbons (Fsp3) is 0.650. The molecule has 130 valence electrons. The number of hydrogen-bond donors (Lipinski definition) is 0.